The molecule has 0 fully saturated rings. The Kier molecular flexibility index (Phi) is 5.19. The molecule has 0 bridgehead atoms. The van der Waals surface area contributed by atoms with Crippen molar-refractivity contribution < 1.29 is 14.6 Å². The lowest BCUT2D eigenvalue weighted by Gasteiger charge is -2.30. The number of nitrogens with two attached hydrogens (primary N) is 2. The normalized spacial score (nSPS) is 13.0. The van der Waals surface area contributed by atoms with Gasteiger partial charge in [-0.1, -0.05) is 13.8 Å². The molecule has 0 unspecified atom stereocenters. The average Bonchev–Trinajstić information content (AvgIpc) is 2.22. The van der Waals surface area contributed by atoms with E-state index in [1.165, 1.54) is 0 Å². The molecule has 98 valence electrons. The molecule has 17 heavy (non-hydrogen) atoms. The van der Waals surface area contributed by atoms with Gasteiger partial charge in [-0.2, -0.15) is 0 Å². The van der Waals surface area contributed by atoms with Gasteiger partial charge >= 0.3 is 0 Å². The minimum Gasteiger partial charge on any atom is -0.505 e. The minimum absolute atomic E-state index is 0. The lowest BCUT2D eigenvalue weighted by Crippen LogP contribution is -2.32. The molecule has 0 aromatic heterocycles. The molecule has 0 amide bonds. The van der Waals surface area contributed by atoms with Gasteiger partial charge in [-0.25, -0.2) is 4.39 Å². The van der Waals surface area contributed by atoms with Gasteiger partial charge in [0.15, 0.2) is 0 Å². The van der Waals surface area contributed by atoms with E-state index in [1.54, 1.807) is 13.8 Å². The Morgan fingerprint density at radius 1 is 1.41 bits per heavy atom. The zero-order valence-electron chi connectivity index (χ0n) is 9.77. The monoisotopic (exact) mass is 264 g/mol. The van der Waals surface area contributed by atoms with E-state index in [0.29, 0.717) is 0 Å². The average molecular weight is 265 g/mol. The number of nitrogen functional groups attached to an aromatic ring is 1. The number of aliphatic hydroxyl groups is 1. The number of aromatic hydroxyl groups is 1. The Labute approximate surface area is 106 Å². The van der Waals surface area contributed by atoms with Gasteiger partial charge in [0.05, 0.1) is 5.69 Å². The number of aliphatic hydroxyl groups excluding tert-OH is 1. The van der Waals surface area contributed by atoms with Gasteiger partial charge in [-0.15, -0.1) is 12.4 Å². The third-order valence-electron chi connectivity index (χ3n) is 2.72. The van der Waals surface area contributed by atoms with Crippen LogP contribution in [-0.4, -0.2) is 16.8 Å². The van der Waals surface area contributed by atoms with E-state index in [1.807, 2.05) is 0 Å². The Morgan fingerprint density at radius 2 is 1.94 bits per heavy atom. The highest BCUT2D eigenvalue weighted by atomic mass is 35.5. The van der Waals surface area contributed by atoms with Crippen LogP contribution in [0.1, 0.15) is 25.5 Å². The quantitative estimate of drug-likeness (QED) is 0.492. The molecule has 0 saturated heterocycles. The van der Waals surface area contributed by atoms with Gasteiger partial charge in [0.2, 0.25) is 0 Å². The molecule has 1 aromatic rings. The number of phenolic OH excluding ortho intramolecular Hbond substituents is 1. The predicted octanol–water partition coefficient (Wildman–Crippen LogP) is 1.55. The van der Waals surface area contributed by atoms with E-state index < -0.39 is 17.3 Å². The van der Waals surface area contributed by atoms with Gasteiger partial charge in [-0.05, 0) is 6.07 Å². The van der Waals surface area contributed by atoms with Crippen LogP contribution in [0.4, 0.5) is 10.1 Å². The molecule has 0 aliphatic carbocycles. The van der Waals surface area contributed by atoms with Crippen molar-refractivity contribution >= 4 is 18.1 Å². The molecular weight excluding hydrogens is 247 g/mol. The molecule has 6 N–H and O–H groups in total. The van der Waals surface area contributed by atoms with Crippen LogP contribution in [0.5, 0.6) is 5.75 Å². The Balaban J connectivity index is 0.00000256. The maximum atomic E-state index is 13.2. The van der Waals surface area contributed by atoms with Crippen LogP contribution in [0.25, 0.3) is 0 Å². The van der Waals surface area contributed by atoms with E-state index in [2.05, 4.69) is 0 Å². The van der Waals surface area contributed by atoms with Crippen LogP contribution in [0.3, 0.4) is 0 Å². The van der Waals surface area contributed by atoms with E-state index in [0.717, 1.165) is 12.1 Å². The standard InChI is InChI=1S/C11H17FN2O2.ClH/c1-11(2,5-15)10(14)7-3-6(12)4-8(13)9(7)16;/h3-4,10,15-16H,5,13-14H2,1-2H3;1H/t10-;/m0./s1. The van der Waals surface area contributed by atoms with Crippen LogP contribution in [0.2, 0.25) is 0 Å². The van der Waals surface area contributed by atoms with Crippen molar-refractivity contribution in [3.8, 4) is 5.75 Å². The Morgan fingerprint density at radius 3 is 2.41 bits per heavy atom. The smallest absolute Gasteiger partial charge is 0.143 e. The number of halogens is 2. The summed E-state index contributed by atoms with van der Waals surface area (Å²) < 4.78 is 13.2. The summed E-state index contributed by atoms with van der Waals surface area (Å²) in [6.07, 6.45) is 0. The number of anilines is 1. The molecule has 0 saturated carbocycles. The highest BCUT2D eigenvalue weighted by Gasteiger charge is 2.29. The van der Waals surface area contributed by atoms with Gasteiger partial charge in [0, 0.05) is 29.7 Å². The zero-order chi connectivity index (χ0) is 12.5. The molecular formula is C11H18ClFN2O2. The number of hydrogen-bond acceptors (Lipinski definition) is 4. The van der Waals surface area contributed by atoms with Crippen LogP contribution in [0.15, 0.2) is 12.1 Å². The molecule has 1 rings (SSSR count). The lowest BCUT2D eigenvalue weighted by atomic mass is 9.81. The topological polar surface area (TPSA) is 92.5 Å². The summed E-state index contributed by atoms with van der Waals surface area (Å²) in [7, 11) is 0. The summed E-state index contributed by atoms with van der Waals surface area (Å²) >= 11 is 0. The second-order valence-corrected chi connectivity index (χ2v) is 4.56. The van der Waals surface area contributed by atoms with Crippen LogP contribution in [0, 0.1) is 11.2 Å². The Bertz CT molecular complexity index is 399. The second-order valence-electron chi connectivity index (χ2n) is 4.56. The fourth-order valence-corrected chi connectivity index (χ4v) is 1.40. The van der Waals surface area contributed by atoms with Crippen molar-refractivity contribution in [3.05, 3.63) is 23.5 Å². The first-order valence-corrected chi connectivity index (χ1v) is 4.94. The van der Waals surface area contributed by atoms with Crippen molar-refractivity contribution in [2.75, 3.05) is 12.3 Å². The lowest BCUT2D eigenvalue weighted by molar-refractivity contribution is 0.131. The number of phenols is 1. The largest absolute Gasteiger partial charge is 0.505 e. The van der Waals surface area contributed by atoms with Gasteiger partial charge < -0.3 is 21.7 Å². The SMILES string of the molecule is CC(C)(CO)[C@@H](N)c1cc(F)cc(N)c1O.Cl. The fourth-order valence-electron chi connectivity index (χ4n) is 1.40. The predicted molar refractivity (Wildman–Crippen MR) is 67.5 cm³/mol. The molecule has 0 aliphatic rings. The van der Waals surface area contributed by atoms with E-state index in [4.69, 9.17) is 16.6 Å². The molecule has 0 aliphatic heterocycles. The summed E-state index contributed by atoms with van der Waals surface area (Å²) in [6, 6.07) is 1.46. The van der Waals surface area contributed by atoms with E-state index in [-0.39, 0.29) is 36.0 Å². The van der Waals surface area contributed by atoms with Crippen LogP contribution < -0.4 is 11.5 Å². The third-order valence-corrected chi connectivity index (χ3v) is 2.72. The summed E-state index contributed by atoms with van der Waals surface area (Å²) in [4.78, 5) is 0. The number of benzene rings is 1. The van der Waals surface area contributed by atoms with Crippen LogP contribution in [-0.2, 0) is 0 Å². The highest BCUT2D eigenvalue weighted by molar-refractivity contribution is 5.85. The van der Waals surface area contributed by atoms with Crippen LogP contribution >= 0.6 is 12.4 Å². The third kappa shape index (κ3) is 3.21. The van der Waals surface area contributed by atoms with E-state index >= 15 is 0 Å². The highest BCUT2D eigenvalue weighted by Crippen LogP contribution is 2.38. The molecule has 4 nitrogen and oxygen atoms in total. The molecule has 0 heterocycles. The summed E-state index contributed by atoms with van der Waals surface area (Å²) in [6.45, 7) is 3.26. The molecule has 6 heteroatoms. The van der Waals surface area contributed by atoms with Gasteiger partial charge in [0.1, 0.15) is 11.6 Å². The zero-order valence-corrected chi connectivity index (χ0v) is 10.6. The molecule has 1 aromatic carbocycles. The molecule has 0 spiro atoms. The van der Waals surface area contributed by atoms with Gasteiger partial charge in [-0.3, -0.25) is 0 Å². The summed E-state index contributed by atoms with van der Waals surface area (Å²) in [5.41, 5.74) is 10.8. The Hall–Kier alpha value is -1.04. The molecule has 1 atom stereocenters. The first-order valence-electron chi connectivity index (χ1n) is 4.94. The van der Waals surface area contributed by atoms with Crippen molar-refractivity contribution in [2.45, 2.75) is 19.9 Å². The fraction of sp³-hybridized carbons (Fsp3) is 0.455. The summed E-state index contributed by atoms with van der Waals surface area (Å²) in [5, 5.41) is 18.9. The van der Waals surface area contributed by atoms with Crippen molar-refractivity contribution in [1.82, 2.24) is 0 Å². The first kappa shape index (κ1) is 16.0. The van der Waals surface area contributed by atoms with E-state index in [9.17, 15) is 9.50 Å². The maximum Gasteiger partial charge on any atom is 0.143 e. The molecule has 0 radical (unpaired) electrons. The number of hydrogen-bond donors (Lipinski definition) is 4. The minimum atomic E-state index is -0.699. The first-order chi connectivity index (χ1) is 7.29. The van der Waals surface area contributed by atoms with Gasteiger partial charge in [0.25, 0.3) is 0 Å². The van der Waals surface area contributed by atoms with Crippen molar-refractivity contribution in [2.24, 2.45) is 11.1 Å². The van der Waals surface area contributed by atoms with Crippen molar-refractivity contribution in [3.63, 3.8) is 0 Å². The second kappa shape index (κ2) is 5.53. The maximum absolute atomic E-state index is 13.2. The summed E-state index contributed by atoms with van der Waals surface area (Å²) in [5.74, 6) is -0.787. The van der Waals surface area contributed by atoms with Crippen molar-refractivity contribution in [1.29, 1.82) is 0 Å². The number of rotatable bonds is 3.